The zero-order chi connectivity index (χ0) is 30.9. The van der Waals surface area contributed by atoms with E-state index in [0.717, 1.165) is 44.0 Å². The van der Waals surface area contributed by atoms with Gasteiger partial charge in [-0.2, -0.15) is 19.0 Å². The molecule has 1 amide bonds. The number of nitrogens with zero attached hydrogens (tertiary/aromatic N) is 9. The number of alkyl halides is 2. The van der Waals surface area contributed by atoms with Crippen LogP contribution in [-0.4, -0.2) is 95.4 Å². The number of aromatic nitrogens is 8. The SMILES string of the molecule is CSc1ccc(OC(F)F)c(-c2nn(Cc3cn(C4CCN(C5COC5)CC4)nn3)cc2NC(=O)c2cnn3cccnc23)c1. The molecule has 1 aromatic carbocycles. The number of hydrogen-bond donors (Lipinski definition) is 1. The van der Waals surface area contributed by atoms with E-state index in [0.29, 0.717) is 28.6 Å². The molecule has 16 heteroatoms. The molecule has 5 aromatic rings. The first kappa shape index (κ1) is 29.3. The topological polar surface area (TPSA) is 130 Å². The summed E-state index contributed by atoms with van der Waals surface area (Å²) in [5.41, 5.74) is 2.16. The maximum Gasteiger partial charge on any atom is 0.387 e. The molecule has 2 saturated heterocycles. The Kier molecular flexibility index (Phi) is 8.16. The lowest BCUT2D eigenvalue weighted by atomic mass is 10.0. The average molecular weight is 637 g/mol. The third-order valence-electron chi connectivity index (χ3n) is 8.08. The lowest BCUT2D eigenvalue weighted by Crippen LogP contribution is -2.51. The third kappa shape index (κ3) is 6.12. The Balaban J connectivity index is 1.17. The van der Waals surface area contributed by atoms with Crippen molar-refractivity contribution < 1.29 is 23.0 Å². The van der Waals surface area contributed by atoms with Crippen molar-refractivity contribution in [1.82, 2.24) is 44.3 Å². The summed E-state index contributed by atoms with van der Waals surface area (Å²) in [6.45, 7) is 0.782. The van der Waals surface area contributed by atoms with Gasteiger partial charge in [0.25, 0.3) is 5.91 Å². The highest BCUT2D eigenvalue weighted by atomic mass is 32.2. The molecule has 0 radical (unpaired) electrons. The fourth-order valence-electron chi connectivity index (χ4n) is 5.67. The highest BCUT2D eigenvalue weighted by Gasteiger charge is 2.30. The number of thioether (sulfide) groups is 1. The number of hydrogen-bond acceptors (Lipinski definition) is 10. The number of halogens is 2. The van der Waals surface area contributed by atoms with Gasteiger partial charge in [-0.15, -0.1) is 16.9 Å². The van der Waals surface area contributed by atoms with E-state index in [1.165, 1.54) is 28.5 Å². The highest BCUT2D eigenvalue weighted by Crippen LogP contribution is 2.38. The number of nitrogens with one attached hydrogen (secondary N) is 1. The van der Waals surface area contributed by atoms with Gasteiger partial charge in [-0.05, 0) is 43.4 Å². The van der Waals surface area contributed by atoms with Gasteiger partial charge in [0.2, 0.25) is 0 Å². The average Bonchev–Trinajstić information content (AvgIpc) is 3.76. The van der Waals surface area contributed by atoms with Crippen molar-refractivity contribution in [2.75, 3.05) is 37.9 Å². The van der Waals surface area contributed by atoms with Crippen molar-refractivity contribution in [1.29, 1.82) is 0 Å². The summed E-state index contributed by atoms with van der Waals surface area (Å²) in [4.78, 5) is 21.0. The highest BCUT2D eigenvalue weighted by molar-refractivity contribution is 7.98. The summed E-state index contributed by atoms with van der Waals surface area (Å²) in [7, 11) is 0. The Hall–Kier alpha value is -4.41. The summed E-state index contributed by atoms with van der Waals surface area (Å²) in [5, 5.41) is 20.6. The lowest BCUT2D eigenvalue weighted by Gasteiger charge is -2.41. The molecule has 2 fully saturated rings. The van der Waals surface area contributed by atoms with E-state index in [9.17, 15) is 13.6 Å². The number of benzene rings is 1. The van der Waals surface area contributed by atoms with Crippen LogP contribution >= 0.6 is 11.8 Å². The molecule has 234 valence electrons. The van der Waals surface area contributed by atoms with E-state index >= 15 is 0 Å². The monoisotopic (exact) mass is 636 g/mol. The summed E-state index contributed by atoms with van der Waals surface area (Å²) < 4.78 is 42.0. The van der Waals surface area contributed by atoms with Crippen molar-refractivity contribution in [3.8, 4) is 17.0 Å². The van der Waals surface area contributed by atoms with Gasteiger partial charge in [-0.3, -0.25) is 14.4 Å². The van der Waals surface area contributed by atoms with Crippen LogP contribution in [0.3, 0.4) is 0 Å². The fraction of sp³-hybridized carbons (Fsp3) is 0.379. The van der Waals surface area contributed by atoms with Crippen LogP contribution in [0.2, 0.25) is 0 Å². The number of amides is 1. The van der Waals surface area contributed by atoms with Crippen LogP contribution in [0.25, 0.3) is 16.9 Å². The van der Waals surface area contributed by atoms with E-state index in [2.05, 4.69) is 30.6 Å². The van der Waals surface area contributed by atoms with E-state index in [4.69, 9.17) is 14.6 Å². The molecular weight excluding hydrogens is 606 g/mol. The van der Waals surface area contributed by atoms with Gasteiger partial charge in [0.15, 0.2) is 5.65 Å². The molecule has 45 heavy (non-hydrogen) atoms. The van der Waals surface area contributed by atoms with Crippen molar-refractivity contribution in [3.63, 3.8) is 0 Å². The number of anilines is 1. The number of rotatable bonds is 10. The molecule has 0 aliphatic carbocycles. The number of fused-ring (bicyclic) bond motifs is 1. The van der Waals surface area contributed by atoms with Gasteiger partial charge in [0.05, 0.1) is 49.9 Å². The smallest absolute Gasteiger partial charge is 0.387 e. The quantitative estimate of drug-likeness (QED) is 0.226. The van der Waals surface area contributed by atoms with E-state index in [1.54, 1.807) is 41.5 Å². The Labute approximate surface area is 260 Å². The zero-order valence-corrected chi connectivity index (χ0v) is 25.1. The Bertz CT molecular complexity index is 1810. The number of carbonyl (C=O) groups is 1. The number of likely N-dealkylation sites (tertiary alicyclic amines) is 1. The number of carbonyl (C=O) groups excluding carboxylic acids is 1. The molecular formula is C29H30F2N10O3S. The van der Waals surface area contributed by atoms with Gasteiger partial charge in [0.1, 0.15) is 22.7 Å². The first-order valence-corrected chi connectivity index (χ1v) is 15.7. The van der Waals surface area contributed by atoms with E-state index in [1.807, 2.05) is 17.1 Å². The van der Waals surface area contributed by atoms with Crippen LogP contribution in [0, 0.1) is 0 Å². The minimum atomic E-state index is -3.04. The van der Waals surface area contributed by atoms with Crippen LogP contribution in [0.15, 0.2) is 60.1 Å². The Morgan fingerprint density at radius 1 is 1.20 bits per heavy atom. The van der Waals surface area contributed by atoms with Gasteiger partial charge in [-0.1, -0.05) is 5.21 Å². The van der Waals surface area contributed by atoms with E-state index < -0.39 is 12.5 Å². The van der Waals surface area contributed by atoms with Crippen LogP contribution in [0.5, 0.6) is 5.75 Å². The first-order valence-electron chi connectivity index (χ1n) is 14.5. The number of ether oxygens (including phenoxy) is 2. The molecule has 0 spiro atoms. The second-order valence-electron chi connectivity index (χ2n) is 10.9. The molecule has 0 saturated carbocycles. The van der Waals surface area contributed by atoms with Crippen LogP contribution in [0.1, 0.15) is 34.9 Å². The van der Waals surface area contributed by atoms with Crippen molar-refractivity contribution >= 4 is 29.0 Å². The number of piperidine rings is 1. The van der Waals surface area contributed by atoms with Gasteiger partial charge >= 0.3 is 6.61 Å². The zero-order valence-electron chi connectivity index (χ0n) is 24.3. The maximum absolute atomic E-state index is 13.5. The molecule has 13 nitrogen and oxygen atoms in total. The minimum Gasteiger partial charge on any atom is -0.434 e. The molecule has 4 aromatic heterocycles. The summed E-state index contributed by atoms with van der Waals surface area (Å²) >= 11 is 1.44. The second-order valence-corrected chi connectivity index (χ2v) is 11.8. The molecule has 2 aliphatic heterocycles. The standard InChI is InChI=1S/C29H30F2N10O3S/c1-45-21-3-4-25(44-29(30)31)22(11-21)26-24(34-28(42)23-12-33-40-8-2-7-32-27(23)40)15-39(36-26)13-18-14-41(37-35-18)19-5-9-38(10-6-19)20-16-43-17-20/h2-4,7-8,11-12,14-15,19-20,29H,5-6,9-10,13,16-17H2,1H3,(H,34,42). The van der Waals surface area contributed by atoms with Gasteiger partial charge in [-0.25, -0.2) is 14.2 Å². The van der Waals surface area contributed by atoms with Crippen LogP contribution in [0.4, 0.5) is 14.5 Å². The second kappa shape index (κ2) is 12.5. The molecule has 2 aliphatic rings. The summed E-state index contributed by atoms with van der Waals surface area (Å²) in [6, 6.07) is 7.34. The van der Waals surface area contributed by atoms with Gasteiger partial charge in [0, 0.05) is 42.1 Å². The van der Waals surface area contributed by atoms with Crippen molar-refractivity contribution in [2.24, 2.45) is 0 Å². The summed E-state index contributed by atoms with van der Waals surface area (Å²) in [5.74, 6) is -0.542. The molecule has 6 heterocycles. The van der Waals surface area contributed by atoms with Crippen LogP contribution in [-0.2, 0) is 11.3 Å². The minimum absolute atomic E-state index is 0.0630. The summed E-state index contributed by atoms with van der Waals surface area (Å²) in [6.07, 6.45) is 12.0. The normalized spacial score (nSPS) is 16.4. The lowest BCUT2D eigenvalue weighted by molar-refractivity contribution is -0.0734. The van der Waals surface area contributed by atoms with Crippen molar-refractivity contribution in [2.45, 2.75) is 43.0 Å². The predicted molar refractivity (Wildman–Crippen MR) is 161 cm³/mol. The largest absolute Gasteiger partial charge is 0.434 e. The predicted octanol–water partition coefficient (Wildman–Crippen LogP) is 3.84. The van der Waals surface area contributed by atoms with Gasteiger partial charge < -0.3 is 14.8 Å². The van der Waals surface area contributed by atoms with Crippen LogP contribution < -0.4 is 10.1 Å². The Morgan fingerprint density at radius 3 is 2.80 bits per heavy atom. The maximum atomic E-state index is 13.5. The molecule has 7 rings (SSSR count). The molecule has 1 N–H and O–H groups in total. The fourth-order valence-corrected chi connectivity index (χ4v) is 6.11. The molecule has 0 unspecified atom stereocenters. The van der Waals surface area contributed by atoms with E-state index in [-0.39, 0.29) is 29.6 Å². The Morgan fingerprint density at radius 2 is 2.04 bits per heavy atom. The first-order chi connectivity index (χ1) is 21.9. The molecule has 0 bridgehead atoms. The molecule has 0 atom stereocenters. The van der Waals surface area contributed by atoms with Crippen molar-refractivity contribution in [3.05, 3.63) is 66.5 Å². The third-order valence-corrected chi connectivity index (χ3v) is 8.81.